The first-order valence-electron chi connectivity index (χ1n) is 6.04. The number of hydrogen-bond acceptors (Lipinski definition) is 3. The summed E-state index contributed by atoms with van der Waals surface area (Å²) >= 11 is 2.97. The minimum absolute atomic E-state index is 0.0821. The van der Waals surface area contributed by atoms with Crippen LogP contribution in [0.25, 0.3) is 0 Å². The molecule has 0 unspecified atom stereocenters. The van der Waals surface area contributed by atoms with Crippen molar-refractivity contribution in [1.82, 2.24) is 4.72 Å². The molecule has 0 bridgehead atoms. The predicted molar refractivity (Wildman–Crippen MR) is 75.7 cm³/mol. The molecule has 19 heavy (non-hydrogen) atoms. The number of anilines is 1. The lowest BCUT2D eigenvalue weighted by Gasteiger charge is -2.15. The van der Waals surface area contributed by atoms with Crippen LogP contribution in [0.2, 0.25) is 0 Å². The number of hydrogen-bond donors (Lipinski definition) is 2. The molecule has 0 amide bonds. The molecule has 1 fully saturated rings. The van der Waals surface area contributed by atoms with Gasteiger partial charge in [-0.3, -0.25) is 0 Å². The zero-order chi connectivity index (χ0) is 14.3. The molecule has 0 aromatic heterocycles. The summed E-state index contributed by atoms with van der Waals surface area (Å²) in [4.78, 5) is -0.0901. The Labute approximate surface area is 120 Å². The third-order valence-electron chi connectivity index (χ3n) is 3.69. The zero-order valence-corrected chi connectivity index (χ0v) is 12.9. The Morgan fingerprint density at radius 3 is 2.63 bits per heavy atom. The molecule has 1 aromatic carbocycles. The topological polar surface area (TPSA) is 72.2 Å². The molecule has 0 saturated heterocycles. The van der Waals surface area contributed by atoms with E-state index < -0.39 is 15.8 Å². The van der Waals surface area contributed by atoms with Gasteiger partial charge in [-0.1, -0.05) is 6.92 Å². The summed E-state index contributed by atoms with van der Waals surface area (Å²) in [5.74, 6) is -0.580. The Morgan fingerprint density at radius 1 is 1.47 bits per heavy atom. The van der Waals surface area contributed by atoms with Gasteiger partial charge in [-0.15, -0.1) is 0 Å². The van der Waals surface area contributed by atoms with Crippen molar-refractivity contribution in [3.8, 4) is 0 Å². The van der Waals surface area contributed by atoms with Gasteiger partial charge in [0.05, 0.1) is 10.2 Å². The van der Waals surface area contributed by atoms with Gasteiger partial charge in [0.2, 0.25) is 10.0 Å². The molecule has 0 heterocycles. The normalized spacial score (nSPS) is 17.4. The van der Waals surface area contributed by atoms with Crippen LogP contribution in [0.1, 0.15) is 26.2 Å². The molecule has 2 rings (SSSR count). The predicted octanol–water partition coefficient (Wildman–Crippen LogP) is 2.64. The first kappa shape index (κ1) is 14.7. The summed E-state index contributed by atoms with van der Waals surface area (Å²) in [5, 5.41) is 0. The van der Waals surface area contributed by atoms with Crippen molar-refractivity contribution in [2.45, 2.75) is 31.1 Å². The first-order valence-corrected chi connectivity index (χ1v) is 8.31. The lowest BCUT2D eigenvalue weighted by Crippen LogP contribution is -2.30. The lowest BCUT2D eigenvalue weighted by atomic mass is 10.1. The second-order valence-corrected chi connectivity index (χ2v) is 7.57. The summed E-state index contributed by atoms with van der Waals surface area (Å²) in [7, 11) is -3.71. The summed E-state index contributed by atoms with van der Waals surface area (Å²) in [5.41, 5.74) is 5.59. The average molecular weight is 351 g/mol. The molecular weight excluding hydrogens is 335 g/mol. The highest BCUT2D eigenvalue weighted by molar-refractivity contribution is 9.10. The van der Waals surface area contributed by atoms with Crippen LogP contribution in [0.3, 0.4) is 0 Å². The zero-order valence-electron chi connectivity index (χ0n) is 10.5. The maximum atomic E-state index is 13.2. The number of rotatable bonds is 5. The SMILES string of the molecule is CCC1(CNS(=O)(=O)c2cc(Br)c(F)cc2N)CC1. The molecule has 1 aromatic rings. The number of halogens is 2. The van der Waals surface area contributed by atoms with Crippen LogP contribution in [-0.2, 0) is 10.0 Å². The van der Waals surface area contributed by atoms with Crippen molar-refractivity contribution in [3.63, 3.8) is 0 Å². The fourth-order valence-electron chi connectivity index (χ4n) is 1.93. The molecular formula is C12H16BrFN2O2S. The highest BCUT2D eigenvalue weighted by Crippen LogP contribution is 2.48. The van der Waals surface area contributed by atoms with Crippen molar-refractivity contribution in [3.05, 3.63) is 22.4 Å². The Hall–Kier alpha value is -0.660. The van der Waals surface area contributed by atoms with Gasteiger partial charge in [-0.05, 0) is 52.7 Å². The summed E-state index contributed by atoms with van der Waals surface area (Å²) in [6.45, 7) is 2.45. The molecule has 0 spiro atoms. The van der Waals surface area contributed by atoms with Gasteiger partial charge in [-0.25, -0.2) is 17.5 Å². The van der Waals surface area contributed by atoms with Crippen LogP contribution in [-0.4, -0.2) is 15.0 Å². The van der Waals surface area contributed by atoms with Crippen molar-refractivity contribution in [1.29, 1.82) is 0 Å². The molecule has 1 aliphatic rings. The monoisotopic (exact) mass is 350 g/mol. The van der Waals surface area contributed by atoms with Crippen LogP contribution < -0.4 is 10.5 Å². The Kier molecular flexibility index (Phi) is 3.90. The fourth-order valence-corrected chi connectivity index (χ4v) is 3.72. The number of benzene rings is 1. The maximum Gasteiger partial charge on any atom is 0.242 e. The van der Waals surface area contributed by atoms with Crippen LogP contribution in [0.15, 0.2) is 21.5 Å². The second kappa shape index (κ2) is 5.03. The highest BCUT2D eigenvalue weighted by atomic mass is 79.9. The molecule has 7 heteroatoms. The van der Waals surface area contributed by atoms with E-state index >= 15 is 0 Å². The fraction of sp³-hybridized carbons (Fsp3) is 0.500. The van der Waals surface area contributed by atoms with Crippen molar-refractivity contribution >= 4 is 31.6 Å². The Morgan fingerprint density at radius 2 is 2.11 bits per heavy atom. The van der Waals surface area contributed by atoms with E-state index in [0.717, 1.165) is 25.3 Å². The standard InChI is InChI=1S/C12H16BrFN2O2S/c1-2-12(3-4-12)7-16-19(17,18)11-5-8(13)9(14)6-10(11)15/h5-6,16H,2-4,7,15H2,1H3. The van der Waals surface area contributed by atoms with E-state index in [-0.39, 0.29) is 20.5 Å². The molecule has 1 saturated carbocycles. The second-order valence-electron chi connectivity index (χ2n) is 4.98. The Balaban J connectivity index is 2.22. The summed E-state index contributed by atoms with van der Waals surface area (Å²) < 4.78 is 40.2. The number of nitrogen functional groups attached to an aromatic ring is 1. The van der Waals surface area contributed by atoms with Crippen molar-refractivity contribution in [2.75, 3.05) is 12.3 Å². The van der Waals surface area contributed by atoms with E-state index in [0.29, 0.717) is 6.54 Å². The van der Waals surface area contributed by atoms with Crippen molar-refractivity contribution in [2.24, 2.45) is 5.41 Å². The largest absolute Gasteiger partial charge is 0.398 e. The summed E-state index contributed by atoms with van der Waals surface area (Å²) in [6, 6.07) is 2.20. The van der Waals surface area contributed by atoms with Crippen LogP contribution in [0.4, 0.5) is 10.1 Å². The van der Waals surface area contributed by atoms with Crippen molar-refractivity contribution < 1.29 is 12.8 Å². The van der Waals surface area contributed by atoms with Gasteiger partial charge in [0.15, 0.2) is 0 Å². The van der Waals surface area contributed by atoms with E-state index in [1.807, 2.05) is 6.92 Å². The van der Waals surface area contributed by atoms with E-state index in [1.54, 1.807) is 0 Å². The van der Waals surface area contributed by atoms with Gasteiger partial charge in [-0.2, -0.15) is 0 Å². The summed E-state index contributed by atoms with van der Waals surface area (Å²) in [6.07, 6.45) is 3.02. The Bertz CT molecular complexity index is 600. The van der Waals surface area contributed by atoms with Crippen LogP contribution in [0.5, 0.6) is 0 Å². The van der Waals surface area contributed by atoms with Gasteiger partial charge in [0.25, 0.3) is 0 Å². The number of sulfonamides is 1. The van der Waals surface area contributed by atoms with Crippen LogP contribution >= 0.6 is 15.9 Å². The lowest BCUT2D eigenvalue weighted by molar-refractivity contribution is 0.475. The third kappa shape index (κ3) is 3.09. The van der Waals surface area contributed by atoms with E-state index in [9.17, 15) is 12.8 Å². The molecule has 106 valence electrons. The molecule has 1 aliphatic carbocycles. The maximum absolute atomic E-state index is 13.2. The van der Waals surface area contributed by atoms with Gasteiger partial charge < -0.3 is 5.73 Å². The van der Waals surface area contributed by atoms with E-state index in [2.05, 4.69) is 20.7 Å². The highest BCUT2D eigenvalue weighted by Gasteiger charge is 2.41. The quantitative estimate of drug-likeness (QED) is 0.801. The first-order chi connectivity index (χ1) is 8.80. The minimum Gasteiger partial charge on any atom is -0.398 e. The van der Waals surface area contributed by atoms with E-state index in [1.165, 1.54) is 6.07 Å². The van der Waals surface area contributed by atoms with E-state index in [4.69, 9.17) is 5.73 Å². The molecule has 3 N–H and O–H groups in total. The van der Waals surface area contributed by atoms with Gasteiger partial charge in [0.1, 0.15) is 10.7 Å². The number of nitrogens with one attached hydrogen (secondary N) is 1. The van der Waals surface area contributed by atoms with Gasteiger partial charge in [0, 0.05) is 6.54 Å². The smallest absolute Gasteiger partial charge is 0.242 e. The van der Waals surface area contributed by atoms with Crippen LogP contribution in [0, 0.1) is 11.2 Å². The average Bonchev–Trinajstić information content (AvgIpc) is 3.12. The third-order valence-corrected chi connectivity index (χ3v) is 5.75. The molecule has 0 radical (unpaired) electrons. The molecule has 4 nitrogen and oxygen atoms in total. The van der Waals surface area contributed by atoms with Gasteiger partial charge >= 0.3 is 0 Å². The molecule has 0 aliphatic heterocycles. The number of nitrogens with two attached hydrogens (primary N) is 1. The minimum atomic E-state index is -3.71. The molecule has 0 atom stereocenters.